The maximum atomic E-state index is 12.9. The summed E-state index contributed by atoms with van der Waals surface area (Å²) in [6.07, 6.45) is 2.70. The van der Waals surface area contributed by atoms with Crippen molar-refractivity contribution in [1.82, 2.24) is 14.3 Å². The summed E-state index contributed by atoms with van der Waals surface area (Å²) in [6.45, 7) is 3.96. The van der Waals surface area contributed by atoms with Crippen molar-refractivity contribution in [2.24, 2.45) is 0 Å². The Morgan fingerprint density at radius 3 is 2.64 bits per heavy atom. The first-order valence-electron chi connectivity index (χ1n) is 8.35. The van der Waals surface area contributed by atoms with Gasteiger partial charge in [0.15, 0.2) is 5.69 Å². The van der Waals surface area contributed by atoms with E-state index >= 15 is 0 Å². The van der Waals surface area contributed by atoms with E-state index in [4.69, 9.17) is 4.74 Å². The highest BCUT2D eigenvalue weighted by molar-refractivity contribution is 5.99. The van der Waals surface area contributed by atoms with Gasteiger partial charge in [0.1, 0.15) is 11.6 Å². The van der Waals surface area contributed by atoms with Crippen molar-refractivity contribution in [3.05, 3.63) is 65.7 Å². The predicted molar refractivity (Wildman–Crippen MR) is 98.2 cm³/mol. The molecule has 25 heavy (non-hydrogen) atoms. The first-order valence-corrected chi connectivity index (χ1v) is 8.35. The molecule has 0 radical (unpaired) electrons. The van der Waals surface area contributed by atoms with Crippen LogP contribution >= 0.6 is 0 Å². The molecular formula is C20H23N3O2. The molecule has 0 spiro atoms. The van der Waals surface area contributed by atoms with Gasteiger partial charge in [0, 0.05) is 19.3 Å². The lowest BCUT2D eigenvalue weighted by molar-refractivity contribution is 0.0740. The summed E-state index contributed by atoms with van der Waals surface area (Å²) in [6, 6.07) is 13.8. The van der Waals surface area contributed by atoms with Gasteiger partial charge in [-0.1, -0.05) is 18.2 Å². The molecule has 1 amide bonds. The van der Waals surface area contributed by atoms with E-state index in [0.29, 0.717) is 5.69 Å². The number of amides is 1. The Bertz CT molecular complexity index is 884. The zero-order valence-corrected chi connectivity index (χ0v) is 15.1. The zero-order valence-electron chi connectivity index (χ0n) is 15.1. The standard InChI is InChI=1S/C20H23N3O2/c1-14(13-16-8-10-17(25-4)11-9-16)22(3)20(24)19-18-7-5-6-12-23(18)15(2)21-19/h5-12,14H,13H2,1-4H3. The number of hydrogen-bond donors (Lipinski definition) is 0. The molecule has 0 saturated carbocycles. The molecule has 0 aliphatic heterocycles. The molecule has 1 unspecified atom stereocenters. The number of carbonyl (C=O) groups excluding carboxylic acids is 1. The van der Waals surface area contributed by atoms with Crippen LogP contribution in [-0.4, -0.2) is 40.4 Å². The molecule has 0 bridgehead atoms. The molecule has 0 saturated heterocycles. The Morgan fingerprint density at radius 1 is 1.24 bits per heavy atom. The normalized spacial score (nSPS) is 12.2. The van der Waals surface area contributed by atoms with Gasteiger partial charge in [-0.15, -0.1) is 0 Å². The molecule has 0 aliphatic rings. The van der Waals surface area contributed by atoms with Crippen molar-refractivity contribution < 1.29 is 9.53 Å². The number of ether oxygens (including phenoxy) is 1. The Hall–Kier alpha value is -2.82. The van der Waals surface area contributed by atoms with E-state index in [1.165, 1.54) is 5.56 Å². The van der Waals surface area contributed by atoms with E-state index in [2.05, 4.69) is 4.98 Å². The summed E-state index contributed by atoms with van der Waals surface area (Å²) in [5, 5.41) is 0. The van der Waals surface area contributed by atoms with Gasteiger partial charge in [-0.05, 0) is 50.1 Å². The summed E-state index contributed by atoms with van der Waals surface area (Å²) in [5.74, 6) is 1.59. The molecule has 0 fully saturated rings. The van der Waals surface area contributed by atoms with Crippen molar-refractivity contribution in [2.45, 2.75) is 26.3 Å². The minimum atomic E-state index is -0.0576. The predicted octanol–water partition coefficient (Wildman–Crippen LogP) is 3.35. The number of aromatic nitrogens is 2. The van der Waals surface area contributed by atoms with Gasteiger partial charge in [-0.25, -0.2) is 4.98 Å². The van der Waals surface area contributed by atoms with Crippen molar-refractivity contribution in [3.8, 4) is 5.75 Å². The Morgan fingerprint density at radius 2 is 1.96 bits per heavy atom. The van der Waals surface area contributed by atoms with Gasteiger partial charge in [-0.3, -0.25) is 4.79 Å². The van der Waals surface area contributed by atoms with Crippen LogP contribution in [0.3, 0.4) is 0 Å². The lowest BCUT2D eigenvalue weighted by Crippen LogP contribution is -2.36. The van der Waals surface area contributed by atoms with Crippen LogP contribution in [0.1, 0.15) is 28.8 Å². The van der Waals surface area contributed by atoms with Crippen molar-refractivity contribution in [3.63, 3.8) is 0 Å². The fraction of sp³-hybridized carbons (Fsp3) is 0.300. The highest BCUT2D eigenvalue weighted by Crippen LogP contribution is 2.18. The largest absolute Gasteiger partial charge is 0.497 e. The van der Waals surface area contributed by atoms with Gasteiger partial charge in [-0.2, -0.15) is 0 Å². The molecule has 1 aromatic carbocycles. The molecule has 3 aromatic rings. The van der Waals surface area contributed by atoms with Gasteiger partial charge in [0.25, 0.3) is 5.91 Å². The van der Waals surface area contributed by atoms with Gasteiger partial charge < -0.3 is 14.0 Å². The molecule has 130 valence electrons. The second-order valence-electron chi connectivity index (χ2n) is 6.28. The molecule has 2 heterocycles. The number of fused-ring (bicyclic) bond motifs is 1. The summed E-state index contributed by atoms with van der Waals surface area (Å²) in [7, 11) is 3.49. The maximum Gasteiger partial charge on any atom is 0.274 e. The van der Waals surface area contributed by atoms with E-state index in [1.54, 1.807) is 12.0 Å². The number of likely N-dealkylation sites (N-methyl/N-ethyl adjacent to an activating group) is 1. The van der Waals surface area contributed by atoms with Crippen LogP contribution in [0.25, 0.3) is 5.52 Å². The average Bonchev–Trinajstić information content (AvgIpc) is 2.98. The van der Waals surface area contributed by atoms with Crippen LogP contribution < -0.4 is 4.74 Å². The third-order valence-corrected chi connectivity index (χ3v) is 4.60. The molecule has 3 rings (SSSR count). The summed E-state index contributed by atoms with van der Waals surface area (Å²) in [5.41, 5.74) is 2.51. The van der Waals surface area contributed by atoms with E-state index < -0.39 is 0 Å². The number of imidazole rings is 1. The minimum Gasteiger partial charge on any atom is -0.497 e. The van der Waals surface area contributed by atoms with Crippen molar-refractivity contribution in [1.29, 1.82) is 0 Å². The van der Waals surface area contributed by atoms with Gasteiger partial charge >= 0.3 is 0 Å². The van der Waals surface area contributed by atoms with Gasteiger partial charge in [0.2, 0.25) is 0 Å². The van der Waals surface area contributed by atoms with E-state index in [9.17, 15) is 4.79 Å². The third-order valence-electron chi connectivity index (χ3n) is 4.60. The molecule has 2 aromatic heterocycles. The molecule has 0 N–H and O–H groups in total. The molecular weight excluding hydrogens is 314 g/mol. The number of nitrogens with zero attached hydrogens (tertiary/aromatic N) is 3. The Labute approximate surface area is 147 Å². The fourth-order valence-corrected chi connectivity index (χ4v) is 2.96. The van der Waals surface area contributed by atoms with Crippen LogP contribution in [-0.2, 0) is 6.42 Å². The van der Waals surface area contributed by atoms with Crippen LogP contribution in [0.2, 0.25) is 0 Å². The second kappa shape index (κ2) is 6.97. The Balaban J connectivity index is 1.78. The number of benzene rings is 1. The molecule has 0 aliphatic carbocycles. The van der Waals surface area contributed by atoms with E-state index in [0.717, 1.165) is 23.5 Å². The minimum absolute atomic E-state index is 0.0571. The van der Waals surface area contributed by atoms with Gasteiger partial charge in [0.05, 0.1) is 12.6 Å². The highest BCUT2D eigenvalue weighted by atomic mass is 16.5. The second-order valence-corrected chi connectivity index (χ2v) is 6.28. The van der Waals surface area contributed by atoms with Crippen molar-refractivity contribution >= 4 is 11.4 Å². The van der Waals surface area contributed by atoms with Crippen LogP contribution in [0.4, 0.5) is 0 Å². The summed E-state index contributed by atoms with van der Waals surface area (Å²) < 4.78 is 7.13. The summed E-state index contributed by atoms with van der Waals surface area (Å²) in [4.78, 5) is 19.2. The first kappa shape index (κ1) is 17.0. The maximum absolute atomic E-state index is 12.9. The lowest BCUT2D eigenvalue weighted by atomic mass is 10.1. The number of rotatable bonds is 5. The highest BCUT2D eigenvalue weighted by Gasteiger charge is 2.22. The van der Waals surface area contributed by atoms with Crippen LogP contribution in [0, 0.1) is 6.92 Å². The number of aryl methyl sites for hydroxylation is 1. The fourth-order valence-electron chi connectivity index (χ4n) is 2.96. The molecule has 5 heteroatoms. The average molecular weight is 337 g/mol. The van der Waals surface area contributed by atoms with Crippen LogP contribution in [0.15, 0.2) is 48.7 Å². The SMILES string of the molecule is COc1ccc(CC(C)N(C)C(=O)c2nc(C)n3ccccc23)cc1. The number of pyridine rings is 1. The van der Waals surface area contributed by atoms with Crippen LogP contribution in [0.5, 0.6) is 5.75 Å². The molecule has 5 nitrogen and oxygen atoms in total. The van der Waals surface area contributed by atoms with E-state index in [-0.39, 0.29) is 11.9 Å². The molecule has 1 atom stereocenters. The first-order chi connectivity index (χ1) is 12.0. The monoisotopic (exact) mass is 337 g/mol. The summed E-state index contributed by atoms with van der Waals surface area (Å²) >= 11 is 0. The lowest BCUT2D eigenvalue weighted by Gasteiger charge is -2.24. The quantitative estimate of drug-likeness (QED) is 0.717. The number of hydrogen-bond acceptors (Lipinski definition) is 3. The van der Waals surface area contributed by atoms with E-state index in [1.807, 2.05) is 74.0 Å². The smallest absolute Gasteiger partial charge is 0.274 e. The third kappa shape index (κ3) is 3.36. The Kier molecular flexibility index (Phi) is 4.74. The number of carbonyl (C=O) groups is 1. The topological polar surface area (TPSA) is 46.8 Å². The number of methoxy groups -OCH3 is 1. The van der Waals surface area contributed by atoms with Crippen molar-refractivity contribution in [2.75, 3.05) is 14.2 Å². The zero-order chi connectivity index (χ0) is 18.0.